The van der Waals surface area contributed by atoms with E-state index in [1.807, 2.05) is 0 Å². The number of phenolic OH excluding ortho intramolecular Hbond substituents is 1. The fourth-order valence-electron chi connectivity index (χ4n) is 3.11. The van der Waals surface area contributed by atoms with Crippen LogP contribution in [0.4, 0.5) is 22.7 Å². The van der Waals surface area contributed by atoms with Gasteiger partial charge >= 0.3 is 0 Å². The maximum Gasteiger partial charge on any atom is 0.270 e. The lowest BCUT2D eigenvalue weighted by Crippen LogP contribution is -2.19. The number of nitrogens with zero attached hydrogens (tertiary/aromatic N) is 2. The minimum absolute atomic E-state index is 0.160. The van der Waals surface area contributed by atoms with E-state index in [4.69, 9.17) is 0 Å². The van der Waals surface area contributed by atoms with Crippen molar-refractivity contribution in [1.82, 2.24) is 0 Å². The summed E-state index contributed by atoms with van der Waals surface area (Å²) in [6, 6.07) is 9.88. The Morgan fingerprint density at radius 1 is 0.743 bits per heavy atom. The molecular formula is C20H18N4O9S2. The normalized spacial score (nSPS) is 11.6. The van der Waals surface area contributed by atoms with Crippen LogP contribution in [0.1, 0.15) is 11.1 Å². The molecule has 184 valence electrons. The van der Waals surface area contributed by atoms with Gasteiger partial charge in [0.05, 0.1) is 25.3 Å². The number of benzene rings is 3. The highest BCUT2D eigenvalue weighted by atomic mass is 32.2. The lowest BCUT2D eigenvalue weighted by Gasteiger charge is -2.17. The van der Waals surface area contributed by atoms with Crippen molar-refractivity contribution in [3.05, 3.63) is 86.0 Å². The highest BCUT2D eigenvalue weighted by molar-refractivity contribution is 7.93. The number of para-hydroxylation sites is 1. The maximum absolute atomic E-state index is 13.0. The molecule has 0 saturated heterocycles. The van der Waals surface area contributed by atoms with Crippen LogP contribution in [0, 0.1) is 34.1 Å². The van der Waals surface area contributed by atoms with Crippen molar-refractivity contribution < 1.29 is 31.8 Å². The first-order chi connectivity index (χ1) is 16.2. The van der Waals surface area contributed by atoms with Gasteiger partial charge < -0.3 is 5.11 Å². The SMILES string of the molecule is Cc1ccc([N+](=O)[O-])cc1S(=O)(=O)Nc1cccc(O)c1NS(=O)(=O)c1cc([N+](=O)[O-])ccc1C. The van der Waals surface area contributed by atoms with E-state index in [0.29, 0.717) is 0 Å². The van der Waals surface area contributed by atoms with Crippen LogP contribution in [-0.2, 0) is 20.0 Å². The van der Waals surface area contributed by atoms with E-state index >= 15 is 0 Å². The molecule has 35 heavy (non-hydrogen) atoms. The third-order valence-electron chi connectivity index (χ3n) is 4.87. The first-order valence-corrected chi connectivity index (χ1v) is 12.6. The smallest absolute Gasteiger partial charge is 0.270 e. The number of nitro benzene ring substituents is 2. The molecule has 3 N–H and O–H groups in total. The van der Waals surface area contributed by atoms with Gasteiger partial charge in [-0.1, -0.05) is 18.2 Å². The number of hydrogen-bond acceptors (Lipinski definition) is 9. The number of hydrogen-bond donors (Lipinski definition) is 3. The van der Waals surface area contributed by atoms with Gasteiger partial charge in [-0.05, 0) is 37.1 Å². The van der Waals surface area contributed by atoms with Crippen LogP contribution in [0.25, 0.3) is 0 Å². The number of rotatable bonds is 8. The monoisotopic (exact) mass is 522 g/mol. The average Bonchev–Trinajstić information content (AvgIpc) is 2.76. The molecule has 3 aromatic carbocycles. The predicted octanol–water partition coefficient (Wildman–Crippen LogP) is 3.43. The molecule has 0 unspecified atom stereocenters. The Morgan fingerprint density at radius 2 is 1.20 bits per heavy atom. The summed E-state index contributed by atoms with van der Waals surface area (Å²) in [5.74, 6) is -0.646. The predicted molar refractivity (Wildman–Crippen MR) is 125 cm³/mol. The Kier molecular flexibility index (Phi) is 6.66. The zero-order valence-electron chi connectivity index (χ0n) is 18.1. The standard InChI is InChI=1S/C20H18N4O9S2/c1-12-6-8-14(23(26)27)10-18(12)34(30,31)21-16-4-3-5-17(25)20(16)22-35(32,33)19-11-15(24(28)29)9-7-13(19)2/h3-11,21-22,25H,1-2H3. The molecule has 13 nitrogen and oxygen atoms in total. The number of nitro groups is 2. The summed E-state index contributed by atoms with van der Waals surface area (Å²) in [6.07, 6.45) is 0. The second-order valence-electron chi connectivity index (χ2n) is 7.32. The van der Waals surface area contributed by atoms with Crippen molar-refractivity contribution in [3.8, 4) is 5.75 Å². The van der Waals surface area contributed by atoms with E-state index in [-0.39, 0.29) is 16.8 Å². The summed E-state index contributed by atoms with van der Waals surface area (Å²) in [4.78, 5) is 19.7. The second-order valence-corrected chi connectivity index (χ2v) is 10.6. The van der Waals surface area contributed by atoms with Crippen molar-refractivity contribution in [3.63, 3.8) is 0 Å². The van der Waals surface area contributed by atoms with Crippen molar-refractivity contribution in [2.24, 2.45) is 0 Å². The molecule has 0 atom stereocenters. The van der Waals surface area contributed by atoms with Gasteiger partial charge in [-0.25, -0.2) is 16.8 Å². The molecule has 0 spiro atoms. The van der Waals surface area contributed by atoms with Crippen molar-refractivity contribution in [1.29, 1.82) is 0 Å². The van der Waals surface area contributed by atoms with Gasteiger partial charge in [-0.3, -0.25) is 29.7 Å². The summed E-state index contributed by atoms with van der Waals surface area (Å²) >= 11 is 0. The van der Waals surface area contributed by atoms with Crippen LogP contribution in [0.15, 0.2) is 64.4 Å². The molecule has 0 bridgehead atoms. The minimum Gasteiger partial charge on any atom is -0.506 e. The number of phenols is 1. The Balaban J connectivity index is 2.06. The van der Waals surface area contributed by atoms with Crippen molar-refractivity contribution >= 4 is 42.8 Å². The number of aromatic hydroxyl groups is 1. The third-order valence-corrected chi connectivity index (χ3v) is 7.87. The van der Waals surface area contributed by atoms with Gasteiger partial charge in [0.15, 0.2) is 0 Å². The average molecular weight is 523 g/mol. The van der Waals surface area contributed by atoms with E-state index in [2.05, 4.69) is 9.44 Å². The molecule has 0 amide bonds. The van der Waals surface area contributed by atoms with Crippen molar-refractivity contribution in [2.45, 2.75) is 23.6 Å². The Labute approximate surface area is 199 Å². The lowest BCUT2D eigenvalue weighted by atomic mass is 10.2. The van der Waals surface area contributed by atoms with E-state index in [9.17, 15) is 42.2 Å². The van der Waals surface area contributed by atoms with Crippen LogP contribution >= 0.6 is 0 Å². The first-order valence-electron chi connectivity index (χ1n) is 9.60. The van der Waals surface area contributed by atoms with E-state index in [0.717, 1.165) is 36.4 Å². The van der Waals surface area contributed by atoms with Crippen LogP contribution in [0.5, 0.6) is 5.75 Å². The molecule has 0 heterocycles. The highest BCUT2D eigenvalue weighted by Gasteiger charge is 2.26. The van der Waals surface area contributed by atoms with E-state index in [1.54, 1.807) is 0 Å². The Bertz CT molecular complexity index is 1570. The van der Waals surface area contributed by atoms with Gasteiger partial charge in [-0.2, -0.15) is 0 Å². The van der Waals surface area contributed by atoms with Gasteiger partial charge in [0, 0.05) is 24.3 Å². The fraction of sp³-hybridized carbons (Fsp3) is 0.100. The van der Waals surface area contributed by atoms with E-state index < -0.39 is 62.5 Å². The molecule has 0 aromatic heterocycles. The molecule has 15 heteroatoms. The molecular weight excluding hydrogens is 504 g/mol. The first kappa shape index (κ1) is 25.4. The number of sulfonamides is 2. The number of non-ortho nitro benzene ring substituents is 2. The lowest BCUT2D eigenvalue weighted by molar-refractivity contribution is -0.385. The summed E-state index contributed by atoms with van der Waals surface area (Å²) < 4.78 is 56.2. The number of anilines is 2. The van der Waals surface area contributed by atoms with E-state index in [1.165, 1.54) is 32.0 Å². The molecule has 0 saturated carbocycles. The highest BCUT2D eigenvalue weighted by Crippen LogP contribution is 2.36. The summed E-state index contributed by atoms with van der Waals surface area (Å²) in [7, 11) is -9.01. The van der Waals surface area contributed by atoms with Crippen molar-refractivity contribution in [2.75, 3.05) is 9.44 Å². The molecule has 0 radical (unpaired) electrons. The van der Waals surface area contributed by atoms with Crippen LogP contribution in [0.3, 0.4) is 0 Å². The van der Waals surface area contributed by atoms with Gasteiger partial charge in [-0.15, -0.1) is 0 Å². The minimum atomic E-state index is -4.53. The zero-order valence-corrected chi connectivity index (χ0v) is 19.8. The maximum atomic E-state index is 13.0. The topological polar surface area (TPSA) is 199 Å². The second kappa shape index (κ2) is 9.19. The Morgan fingerprint density at radius 3 is 1.66 bits per heavy atom. The van der Waals surface area contributed by atoms with Gasteiger partial charge in [0.25, 0.3) is 31.4 Å². The van der Waals surface area contributed by atoms with Gasteiger partial charge in [0.1, 0.15) is 11.4 Å². The summed E-state index contributed by atoms with van der Waals surface area (Å²) in [5.41, 5.74) is -1.57. The zero-order chi connectivity index (χ0) is 26.1. The summed E-state index contributed by atoms with van der Waals surface area (Å²) in [5, 5.41) is 32.4. The van der Waals surface area contributed by atoms with Gasteiger partial charge in [0.2, 0.25) is 0 Å². The number of aryl methyl sites for hydroxylation is 2. The summed E-state index contributed by atoms with van der Waals surface area (Å²) in [6.45, 7) is 2.81. The largest absolute Gasteiger partial charge is 0.506 e. The Hall–Kier alpha value is -4.24. The van der Waals surface area contributed by atoms with Crippen LogP contribution in [0.2, 0.25) is 0 Å². The molecule has 0 fully saturated rings. The number of nitrogens with one attached hydrogen (secondary N) is 2. The molecule has 3 aromatic rings. The molecule has 0 aliphatic heterocycles. The molecule has 0 aliphatic rings. The quantitative estimate of drug-likeness (QED) is 0.225. The molecule has 3 rings (SSSR count). The van der Waals surface area contributed by atoms with Crippen LogP contribution in [-0.4, -0.2) is 31.8 Å². The van der Waals surface area contributed by atoms with Crippen LogP contribution < -0.4 is 9.44 Å². The third kappa shape index (κ3) is 5.30. The fourth-order valence-corrected chi connectivity index (χ4v) is 5.80. The molecule has 0 aliphatic carbocycles.